The van der Waals surface area contributed by atoms with Gasteiger partial charge in [0.2, 0.25) is 0 Å². The molecule has 1 rings (SSSR count). The maximum atomic E-state index is 12.0. The van der Waals surface area contributed by atoms with Gasteiger partial charge in [0.15, 0.2) is 0 Å². The molecule has 5 heteroatoms. The van der Waals surface area contributed by atoms with E-state index in [1.54, 1.807) is 31.3 Å². The van der Waals surface area contributed by atoms with Crippen LogP contribution in [0.1, 0.15) is 30.1 Å². The molecule has 1 aromatic carbocycles. The highest BCUT2D eigenvalue weighted by Gasteiger charge is 2.15. The summed E-state index contributed by atoms with van der Waals surface area (Å²) in [5, 5.41) is 0. The van der Waals surface area contributed by atoms with E-state index in [9.17, 15) is 9.59 Å². The van der Waals surface area contributed by atoms with Crippen molar-refractivity contribution in [2.45, 2.75) is 19.8 Å². The van der Waals surface area contributed by atoms with E-state index in [4.69, 9.17) is 4.74 Å². The molecule has 0 unspecified atom stereocenters. The highest BCUT2D eigenvalue weighted by atomic mass is 16.5. The van der Waals surface area contributed by atoms with Crippen molar-refractivity contribution in [3.8, 4) is 5.75 Å². The fourth-order valence-corrected chi connectivity index (χ4v) is 1.58. The van der Waals surface area contributed by atoms with Gasteiger partial charge in [-0.1, -0.05) is 13.3 Å². The first-order valence-electron chi connectivity index (χ1n) is 6.63. The second-order valence-electron chi connectivity index (χ2n) is 4.46. The Hall–Kier alpha value is -2.04. The van der Waals surface area contributed by atoms with E-state index >= 15 is 0 Å². The molecule has 0 heterocycles. The minimum atomic E-state index is -0.444. The van der Waals surface area contributed by atoms with Gasteiger partial charge in [-0.05, 0) is 30.7 Å². The van der Waals surface area contributed by atoms with E-state index in [-0.39, 0.29) is 12.5 Å². The van der Waals surface area contributed by atoms with Crippen molar-refractivity contribution in [1.82, 2.24) is 4.90 Å². The molecule has 0 atom stereocenters. The van der Waals surface area contributed by atoms with Gasteiger partial charge >= 0.3 is 5.97 Å². The topological polar surface area (TPSA) is 55.8 Å². The predicted molar refractivity (Wildman–Crippen MR) is 75.8 cm³/mol. The Labute approximate surface area is 119 Å². The Morgan fingerprint density at radius 3 is 2.40 bits per heavy atom. The van der Waals surface area contributed by atoms with Crippen LogP contribution in [0.3, 0.4) is 0 Å². The van der Waals surface area contributed by atoms with Crippen LogP contribution >= 0.6 is 0 Å². The number of carbonyl (C=O) groups excluding carboxylic acids is 2. The van der Waals surface area contributed by atoms with Crippen LogP contribution in [0.5, 0.6) is 5.75 Å². The maximum Gasteiger partial charge on any atom is 0.325 e. The number of nitrogens with zero attached hydrogens (tertiary/aromatic N) is 1. The number of unbranched alkanes of at least 4 members (excludes halogenated alkanes) is 1. The van der Waals surface area contributed by atoms with Crippen molar-refractivity contribution in [3.63, 3.8) is 0 Å². The van der Waals surface area contributed by atoms with Gasteiger partial charge in [0.1, 0.15) is 12.3 Å². The molecule has 0 saturated carbocycles. The fourth-order valence-electron chi connectivity index (χ4n) is 1.58. The van der Waals surface area contributed by atoms with Gasteiger partial charge in [0.25, 0.3) is 5.91 Å². The van der Waals surface area contributed by atoms with Crippen molar-refractivity contribution < 1.29 is 19.1 Å². The monoisotopic (exact) mass is 279 g/mol. The van der Waals surface area contributed by atoms with E-state index < -0.39 is 5.97 Å². The van der Waals surface area contributed by atoms with Crippen LogP contribution in [0.4, 0.5) is 0 Å². The number of benzene rings is 1. The molecule has 0 spiro atoms. The number of esters is 1. The lowest BCUT2D eigenvalue weighted by Gasteiger charge is -2.15. The third-order valence-electron chi connectivity index (χ3n) is 2.81. The van der Waals surface area contributed by atoms with E-state index in [0.29, 0.717) is 12.2 Å². The van der Waals surface area contributed by atoms with Gasteiger partial charge in [-0.15, -0.1) is 0 Å². The quantitative estimate of drug-likeness (QED) is 0.566. The molecule has 1 amide bonds. The highest BCUT2D eigenvalue weighted by molar-refractivity contribution is 5.95. The maximum absolute atomic E-state index is 12.0. The number of ether oxygens (including phenoxy) is 2. The van der Waals surface area contributed by atoms with Crippen LogP contribution in [0.15, 0.2) is 24.3 Å². The summed E-state index contributed by atoms with van der Waals surface area (Å²) in [6.07, 6.45) is 2.08. The SMILES string of the molecule is CCCCOc1ccc(C(=O)N(C)CC(=O)OC)cc1. The number of carbonyl (C=O) groups is 2. The molecule has 0 bridgehead atoms. The molecule has 1 aromatic rings. The Morgan fingerprint density at radius 2 is 1.85 bits per heavy atom. The Balaban J connectivity index is 2.58. The third-order valence-corrected chi connectivity index (χ3v) is 2.81. The first kappa shape index (κ1) is 16.0. The molecule has 110 valence electrons. The molecule has 0 radical (unpaired) electrons. The standard InChI is InChI=1S/C15H21NO4/c1-4-5-10-20-13-8-6-12(7-9-13)15(18)16(2)11-14(17)19-3/h6-9H,4-5,10-11H2,1-3H3. The van der Waals surface area contributed by atoms with Crippen molar-refractivity contribution in [3.05, 3.63) is 29.8 Å². The second-order valence-corrected chi connectivity index (χ2v) is 4.46. The van der Waals surface area contributed by atoms with Gasteiger partial charge in [-0.2, -0.15) is 0 Å². The Kier molecular flexibility index (Phi) is 6.56. The molecule has 5 nitrogen and oxygen atoms in total. The van der Waals surface area contributed by atoms with Crippen molar-refractivity contribution in [2.75, 3.05) is 27.3 Å². The van der Waals surface area contributed by atoms with Gasteiger partial charge in [0.05, 0.1) is 13.7 Å². The van der Waals surface area contributed by atoms with Crippen LogP contribution in [0.2, 0.25) is 0 Å². The average molecular weight is 279 g/mol. The number of likely N-dealkylation sites (N-methyl/N-ethyl adjacent to an activating group) is 1. The summed E-state index contributed by atoms with van der Waals surface area (Å²) in [5.74, 6) is 0.0708. The zero-order chi connectivity index (χ0) is 15.0. The fraction of sp³-hybridized carbons (Fsp3) is 0.467. The molecule has 0 aromatic heterocycles. The Morgan fingerprint density at radius 1 is 1.20 bits per heavy atom. The summed E-state index contributed by atoms with van der Waals surface area (Å²) in [5.41, 5.74) is 0.513. The lowest BCUT2D eigenvalue weighted by molar-refractivity contribution is -0.141. The third kappa shape index (κ3) is 4.91. The second kappa shape index (κ2) is 8.19. The molecule has 0 aliphatic heterocycles. The number of hydrogen-bond acceptors (Lipinski definition) is 4. The van der Waals surface area contributed by atoms with Gasteiger partial charge in [-0.25, -0.2) is 0 Å². The summed E-state index contributed by atoms with van der Waals surface area (Å²) in [7, 11) is 2.86. The van der Waals surface area contributed by atoms with Crippen LogP contribution in [-0.4, -0.2) is 44.1 Å². The largest absolute Gasteiger partial charge is 0.494 e. The smallest absolute Gasteiger partial charge is 0.325 e. The predicted octanol–water partition coefficient (Wildman–Crippen LogP) is 2.11. The molecule has 0 aliphatic carbocycles. The van der Waals surface area contributed by atoms with Crippen LogP contribution in [-0.2, 0) is 9.53 Å². The average Bonchev–Trinajstić information content (AvgIpc) is 2.47. The van der Waals surface area contributed by atoms with Crippen molar-refractivity contribution in [2.24, 2.45) is 0 Å². The first-order valence-corrected chi connectivity index (χ1v) is 6.63. The summed E-state index contributed by atoms with van der Waals surface area (Å²) in [6, 6.07) is 6.90. The van der Waals surface area contributed by atoms with E-state index in [1.165, 1.54) is 12.0 Å². The summed E-state index contributed by atoms with van der Waals surface area (Å²) < 4.78 is 10.1. The van der Waals surface area contributed by atoms with Gasteiger partial charge < -0.3 is 14.4 Å². The van der Waals surface area contributed by atoms with E-state index in [2.05, 4.69) is 11.7 Å². The minimum Gasteiger partial charge on any atom is -0.494 e. The summed E-state index contributed by atoms with van der Waals surface area (Å²) in [4.78, 5) is 24.5. The van der Waals surface area contributed by atoms with Crippen LogP contribution < -0.4 is 4.74 Å². The van der Waals surface area contributed by atoms with Crippen LogP contribution in [0.25, 0.3) is 0 Å². The van der Waals surface area contributed by atoms with Crippen LogP contribution in [0, 0.1) is 0 Å². The van der Waals surface area contributed by atoms with E-state index in [1.807, 2.05) is 0 Å². The molecule has 0 fully saturated rings. The number of methoxy groups -OCH3 is 1. The number of amides is 1. The minimum absolute atomic E-state index is 0.0654. The zero-order valence-electron chi connectivity index (χ0n) is 12.2. The molecular weight excluding hydrogens is 258 g/mol. The van der Waals surface area contributed by atoms with Gasteiger partial charge in [0, 0.05) is 12.6 Å². The lowest BCUT2D eigenvalue weighted by Crippen LogP contribution is -2.32. The summed E-state index contributed by atoms with van der Waals surface area (Å²) >= 11 is 0. The Bertz CT molecular complexity index is 442. The molecule has 0 aliphatic rings. The lowest BCUT2D eigenvalue weighted by atomic mass is 10.2. The zero-order valence-corrected chi connectivity index (χ0v) is 12.2. The van der Waals surface area contributed by atoms with Gasteiger partial charge in [-0.3, -0.25) is 9.59 Å². The number of hydrogen-bond donors (Lipinski definition) is 0. The molecule has 0 saturated heterocycles. The van der Waals surface area contributed by atoms with E-state index in [0.717, 1.165) is 18.6 Å². The highest BCUT2D eigenvalue weighted by Crippen LogP contribution is 2.14. The normalized spacial score (nSPS) is 9.95. The molecular formula is C15H21NO4. The number of rotatable bonds is 7. The summed E-state index contributed by atoms with van der Waals surface area (Å²) in [6.45, 7) is 2.71. The van der Waals surface area contributed by atoms with Crippen molar-refractivity contribution in [1.29, 1.82) is 0 Å². The molecule has 20 heavy (non-hydrogen) atoms. The van der Waals surface area contributed by atoms with Crippen molar-refractivity contribution >= 4 is 11.9 Å². The molecule has 0 N–H and O–H groups in total. The first-order chi connectivity index (χ1) is 9.58.